The second-order valence-electron chi connectivity index (χ2n) is 7.00. The third-order valence-electron chi connectivity index (χ3n) is 5.57. The molecule has 2 fully saturated rings. The van der Waals surface area contributed by atoms with Crippen LogP contribution in [0.5, 0.6) is 0 Å². The van der Waals surface area contributed by atoms with E-state index in [0.717, 1.165) is 0 Å². The number of hydrogen-bond acceptors (Lipinski definition) is 3. The Morgan fingerprint density at radius 1 is 0.522 bits per heavy atom. The van der Waals surface area contributed by atoms with E-state index in [0.29, 0.717) is 0 Å². The van der Waals surface area contributed by atoms with E-state index >= 15 is 0 Å². The van der Waals surface area contributed by atoms with Crippen molar-refractivity contribution in [1.29, 1.82) is 0 Å². The largest absolute Gasteiger partial charge is 0.192 e. The third-order valence-corrected chi connectivity index (χ3v) is 109. The van der Waals surface area contributed by atoms with Crippen LogP contribution in [-0.2, 0) is 0 Å². The van der Waals surface area contributed by atoms with Gasteiger partial charge < -0.3 is 0 Å². The van der Waals surface area contributed by atoms with Crippen molar-refractivity contribution in [2.75, 3.05) is 0 Å². The minimum absolute atomic E-state index is 1.31. The lowest BCUT2D eigenvalue weighted by molar-refractivity contribution is 1.75. The van der Waals surface area contributed by atoms with Crippen LogP contribution in [0, 0.1) is 0 Å². The minimum atomic E-state index is -1.38. The van der Waals surface area contributed by atoms with Crippen LogP contribution in [0.1, 0.15) is 0 Å². The zero-order chi connectivity index (χ0) is 16.3. The molecular formula is C16H22S3Si4. The molecule has 2 saturated heterocycles. The lowest BCUT2D eigenvalue weighted by Gasteiger charge is -2.45. The highest BCUT2D eigenvalue weighted by Gasteiger charge is 2.77. The van der Waals surface area contributed by atoms with E-state index < -0.39 is 25.3 Å². The van der Waals surface area contributed by atoms with Gasteiger partial charge in [-0.3, -0.25) is 0 Å². The van der Waals surface area contributed by atoms with Crippen LogP contribution in [0.3, 0.4) is 0 Å². The molecule has 2 aromatic carbocycles. The molecule has 0 aliphatic carbocycles. The molecule has 0 radical (unpaired) electrons. The van der Waals surface area contributed by atoms with Gasteiger partial charge in [0.2, 0.25) is 0 Å². The van der Waals surface area contributed by atoms with Crippen LogP contribution in [0.25, 0.3) is 0 Å². The molecular weight excluding hydrogens is 401 g/mol. The van der Waals surface area contributed by atoms with Gasteiger partial charge in [-0.1, -0.05) is 86.9 Å². The molecule has 4 rings (SSSR count). The SMILES string of the molecule is C[Si@]12S[Si@](C)(S[Si@@]1(C)c1ccccc1)[Si@@](C)(c1ccccc1)S2. The van der Waals surface area contributed by atoms with E-state index in [2.05, 4.69) is 119 Å². The van der Waals surface area contributed by atoms with E-state index in [1.54, 1.807) is 10.4 Å². The summed E-state index contributed by atoms with van der Waals surface area (Å²) in [4.78, 5) is 0. The molecule has 23 heavy (non-hydrogen) atoms. The Labute approximate surface area is 153 Å². The number of hydrogen-bond donors (Lipinski definition) is 0. The van der Waals surface area contributed by atoms with Crippen molar-refractivity contribution in [3.05, 3.63) is 60.7 Å². The maximum atomic E-state index is 2.72. The van der Waals surface area contributed by atoms with Gasteiger partial charge >= 0.3 is 0 Å². The first kappa shape index (κ1) is 16.8. The van der Waals surface area contributed by atoms with Crippen LogP contribution in [0.2, 0.25) is 26.2 Å². The summed E-state index contributed by atoms with van der Waals surface area (Å²) in [6, 6.07) is 23.1. The molecule has 0 nitrogen and oxygen atoms in total. The predicted molar refractivity (Wildman–Crippen MR) is 121 cm³/mol. The Bertz CT molecular complexity index is 682. The molecule has 120 valence electrons. The fraction of sp³-hybridized carbons (Fsp3) is 0.250. The van der Waals surface area contributed by atoms with Gasteiger partial charge in [-0.05, 0) is 10.4 Å². The molecule has 7 heteroatoms. The predicted octanol–water partition coefficient (Wildman–Crippen LogP) is 4.48. The molecule has 0 N–H and O–H groups in total. The Balaban J connectivity index is 1.81. The van der Waals surface area contributed by atoms with Crippen molar-refractivity contribution in [2.24, 2.45) is 0 Å². The molecule has 0 aromatic heterocycles. The molecule has 2 aliphatic rings. The van der Waals surface area contributed by atoms with Crippen LogP contribution in [0.4, 0.5) is 0 Å². The highest BCUT2D eigenvalue weighted by atomic mass is 32.9. The summed E-state index contributed by atoms with van der Waals surface area (Å²) < 4.78 is 0. The zero-order valence-corrected chi connectivity index (χ0v) is 20.4. The van der Waals surface area contributed by atoms with Gasteiger partial charge in [0.1, 0.15) is 0 Å². The van der Waals surface area contributed by atoms with Gasteiger partial charge in [-0.15, -0.1) is 0 Å². The fourth-order valence-corrected chi connectivity index (χ4v) is 201. The molecule has 0 spiro atoms. The number of benzene rings is 2. The first-order chi connectivity index (χ1) is 10.8. The summed E-state index contributed by atoms with van der Waals surface area (Å²) in [5.41, 5.74) is 0. The Hall–Kier alpha value is 0.358. The lowest BCUT2D eigenvalue weighted by Crippen LogP contribution is -2.67. The van der Waals surface area contributed by atoms with E-state index in [1.807, 2.05) is 0 Å². The normalized spacial score (nSPS) is 42.1. The number of rotatable bonds is 2. The Morgan fingerprint density at radius 2 is 0.870 bits per heavy atom. The second-order valence-corrected chi connectivity index (χ2v) is 58.8. The minimum Gasteiger partial charge on any atom is -0.192 e. The number of fused-ring (bicyclic) bond motifs is 2. The lowest BCUT2D eigenvalue weighted by atomic mass is 10.4. The van der Waals surface area contributed by atoms with Crippen molar-refractivity contribution in [3.63, 3.8) is 0 Å². The first-order valence-corrected chi connectivity index (χ1v) is 26.8. The average molecular weight is 423 g/mol. The standard InChI is InChI=1S/C16H22S3Si4/c1-20(15-11-7-5-8-12-15)17-23(4)19-22(20,3)18-21(23,2)16-13-9-6-10-14-16/h5-14H,1-4H3/t20-,21+,22-,23-/m0/s1. The van der Waals surface area contributed by atoms with Crippen LogP contribution >= 0.6 is 32.0 Å². The monoisotopic (exact) mass is 422 g/mol. The summed E-state index contributed by atoms with van der Waals surface area (Å²) in [7, 11) is 7.69. The molecule has 2 aliphatic heterocycles. The topological polar surface area (TPSA) is 0 Å². The van der Waals surface area contributed by atoms with Crippen molar-refractivity contribution < 1.29 is 0 Å². The van der Waals surface area contributed by atoms with E-state index in [1.165, 1.54) is 0 Å². The van der Waals surface area contributed by atoms with Gasteiger partial charge in [-0.25, -0.2) is 0 Å². The molecule has 4 atom stereocenters. The summed E-state index contributed by atoms with van der Waals surface area (Å²) in [6.45, 7) is 8.05. The maximum absolute atomic E-state index is 2.72. The Morgan fingerprint density at radius 3 is 1.17 bits per heavy atom. The highest BCUT2D eigenvalue weighted by molar-refractivity contribution is 9.10. The first-order valence-electron chi connectivity index (χ1n) is 8.05. The van der Waals surface area contributed by atoms with Gasteiger partial charge in [0, 0.05) is 0 Å². The van der Waals surface area contributed by atoms with Crippen molar-refractivity contribution in [2.45, 2.75) is 26.2 Å². The van der Waals surface area contributed by atoms with Gasteiger partial charge in [-0.2, -0.15) is 32.0 Å². The van der Waals surface area contributed by atoms with Gasteiger partial charge in [0.05, 0.1) is 0 Å². The fourth-order valence-electron chi connectivity index (χ4n) is 3.92. The molecule has 2 bridgehead atoms. The summed E-state index contributed by atoms with van der Waals surface area (Å²) in [5, 5.41) is 3.42. The van der Waals surface area contributed by atoms with Gasteiger partial charge in [0.25, 0.3) is 0 Å². The quantitative estimate of drug-likeness (QED) is 0.655. The molecule has 0 amide bonds. The average Bonchev–Trinajstić information content (AvgIpc) is 2.89. The molecule has 2 heterocycles. The summed E-state index contributed by atoms with van der Waals surface area (Å²) in [5.74, 6) is -2.63. The van der Waals surface area contributed by atoms with Crippen LogP contribution < -0.4 is 10.4 Å². The van der Waals surface area contributed by atoms with Crippen molar-refractivity contribution >= 4 is 67.6 Å². The van der Waals surface area contributed by atoms with E-state index in [4.69, 9.17) is 0 Å². The van der Waals surface area contributed by atoms with Gasteiger partial charge in [0.15, 0.2) is 25.3 Å². The van der Waals surface area contributed by atoms with Crippen molar-refractivity contribution in [3.8, 4) is 0 Å². The summed E-state index contributed by atoms with van der Waals surface area (Å²) in [6.07, 6.45) is 0. The van der Waals surface area contributed by atoms with E-state index in [9.17, 15) is 0 Å². The maximum Gasteiger partial charge on any atom is 0.168 e. The molecule has 0 unspecified atom stereocenters. The molecule has 2 aromatic rings. The highest BCUT2D eigenvalue weighted by Crippen LogP contribution is 2.71. The second kappa shape index (κ2) is 5.42. The molecule has 0 saturated carbocycles. The zero-order valence-electron chi connectivity index (χ0n) is 14.0. The van der Waals surface area contributed by atoms with E-state index in [-0.39, 0.29) is 0 Å². The Kier molecular flexibility index (Phi) is 3.96. The van der Waals surface area contributed by atoms with Crippen LogP contribution in [0.15, 0.2) is 60.7 Å². The van der Waals surface area contributed by atoms with Crippen LogP contribution in [-0.4, -0.2) is 25.3 Å². The third kappa shape index (κ3) is 2.24. The smallest absolute Gasteiger partial charge is 0.168 e. The summed E-state index contributed by atoms with van der Waals surface area (Å²) >= 11 is 0. The van der Waals surface area contributed by atoms with Crippen molar-refractivity contribution in [1.82, 2.24) is 0 Å².